The summed E-state index contributed by atoms with van der Waals surface area (Å²) in [4.78, 5) is 16.3. The first kappa shape index (κ1) is 16.6. The summed E-state index contributed by atoms with van der Waals surface area (Å²) in [7, 11) is 0. The third kappa shape index (κ3) is 4.63. The largest absolute Gasteiger partial charge is 0.395 e. The van der Waals surface area contributed by atoms with Crippen LogP contribution in [0.15, 0.2) is 30.3 Å². The number of urea groups is 1. The quantitative estimate of drug-likeness (QED) is 0.846. The Labute approximate surface area is 132 Å². The normalized spacial score (nSPS) is 18.1. The Morgan fingerprint density at radius 3 is 2.82 bits per heavy atom. The molecule has 1 saturated heterocycles. The molecule has 1 aliphatic heterocycles. The van der Waals surface area contributed by atoms with Crippen LogP contribution >= 0.6 is 0 Å². The average Bonchev–Trinajstić information content (AvgIpc) is 2.56. The second-order valence-electron chi connectivity index (χ2n) is 5.78. The predicted octanol–water partition coefficient (Wildman–Crippen LogP) is 2.07. The van der Waals surface area contributed by atoms with Crippen LogP contribution < -0.4 is 10.2 Å². The molecular weight excluding hydrogens is 278 g/mol. The number of hydrogen-bond donors (Lipinski definition) is 2. The van der Waals surface area contributed by atoms with Crippen molar-refractivity contribution in [2.45, 2.75) is 32.2 Å². The van der Waals surface area contributed by atoms with Gasteiger partial charge in [-0.05, 0) is 31.4 Å². The lowest BCUT2D eigenvalue weighted by Crippen LogP contribution is -2.52. The SMILES string of the molecule is CCCN(CCO)C(=O)NC1CCCN(c2ccccc2)C1. The number of carbonyl (C=O) groups is 1. The molecule has 2 amide bonds. The molecule has 0 saturated carbocycles. The topological polar surface area (TPSA) is 55.8 Å². The zero-order valence-corrected chi connectivity index (χ0v) is 13.4. The predicted molar refractivity (Wildman–Crippen MR) is 89.2 cm³/mol. The molecule has 0 aromatic heterocycles. The van der Waals surface area contributed by atoms with Crippen molar-refractivity contribution in [1.82, 2.24) is 10.2 Å². The molecule has 122 valence electrons. The highest BCUT2D eigenvalue weighted by atomic mass is 16.3. The smallest absolute Gasteiger partial charge is 0.317 e. The maximum absolute atomic E-state index is 12.3. The number of piperidine rings is 1. The van der Waals surface area contributed by atoms with Crippen molar-refractivity contribution in [2.75, 3.05) is 37.7 Å². The van der Waals surface area contributed by atoms with Gasteiger partial charge in [0.2, 0.25) is 0 Å². The first-order valence-electron chi connectivity index (χ1n) is 8.21. The number of anilines is 1. The molecule has 0 bridgehead atoms. The van der Waals surface area contributed by atoms with E-state index in [1.807, 2.05) is 25.1 Å². The van der Waals surface area contributed by atoms with Crippen molar-refractivity contribution in [1.29, 1.82) is 0 Å². The van der Waals surface area contributed by atoms with Gasteiger partial charge < -0.3 is 20.2 Å². The number of nitrogens with zero attached hydrogens (tertiary/aromatic N) is 2. The van der Waals surface area contributed by atoms with Gasteiger partial charge >= 0.3 is 6.03 Å². The summed E-state index contributed by atoms with van der Waals surface area (Å²) in [5, 5.41) is 12.2. The minimum absolute atomic E-state index is 0.00816. The third-order valence-electron chi connectivity index (χ3n) is 4.02. The molecule has 0 spiro atoms. The van der Waals surface area contributed by atoms with E-state index in [1.165, 1.54) is 5.69 Å². The maximum Gasteiger partial charge on any atom is 0.317 e. The summed E-state index contributed by atoms with van der Waals surface area (Å²) in [6, 6.07) is 10.4. The lowest BCUT2D eigenvalue weighted by Gasteiger charge is -2.35. The van der Waals surface area contributed by atoms with Crippen molar-refractivity contribution in [3.8, 4) is 0 Å². The number of amides is 2. The van der Waals surface area contributed by atoms with Gasteiger partial charge in [-0.25, -0.2) is 4.79 Å². The van der Waals surface area contributed by atoms with Crippen LogP contribution in [0.25, 0.3) is 0 Å². The zero-order valence-electron chi connectivity index (χ0n) is 13.4. The molecule has 2 N–H and O–H groups in total. The van der Waals surface area contributed by atoms with E-state index in [9.17, 15) is 4.79 Å². The number of benzene rings is 1. The summed E-state index contributed by atoms with van der Waals surface area (Å²) < 4.78 is 0. The fourth-order valence-corrected chi connectivity index (χ4v) is 2.94. The van der Waals surface area contributed by atoms with Crippen molar-refractivity contribution in [3.05, 3.63) is 30.3 Å². The molecule has 0 radical (unpaired) electrons. The van der Waals surface area contributed by atoms with E-state index in [-0.39, 0.29) is 18.7 Å². The van der Waals surface area contributed by atoms with Gasteiger partial charge in [0.1, 0.15) is 0 Å². The van der Waals surface area contributed by atoms with Gasteiger partial charge in [-0.2, -0.15) is 0 Å². The van der Waals surface area contributed by atoms with Crippen molar-refractivity contribution in [3.63, 3.8) is 0 Å². The Balaban J connectivity index is 1.90. The van der Waals surface area contributed by atoms with E-state index >= 15 is 0 Å². The van der Waals surface area contributed by atoms with Crippen LogP contribution in [-0.4, -0.2) is 54.9 Å². The maximum atomic E-state index is 12.3. The molecule has 1 heterocycles. The van der Waals surface area contributed by atoms with Gasteiger partial charge in [-0.3, -0.25) is 0 Å². The molecule has 0 aliphatic carbocycles. The number of hydrogen-bond acceptors (Lipinski definition) is 3. The lowest BCUT2D eigenvalue weighted by molar-refractivity contribution is 0.173. The summed E-state index contributed by atoms with van der Waals surface area (Å²) in [5.74, 6) is 0. The molecule has 22 heavy (non-hydrogen) atoms. The zero-order chi connectivity index (χ0) is 15.8. The van der Waals surface area contributed by atoms with Crippen LogP contribution in [0.4, 0.5) is 10.5 Å². The van der Waals surface area contributed by atoms with E-state index in [0.717, 1.165) is 32.4 Å². The minimum atomic E-state index is -0.0594. The van der Waals surface area contributed by atoms with E-state index in [4.69, 9.17) is 5.11 Å². The summed E-state index contributed by atoms with van der Waals surface area (Å²) in [6.45, 7) is 5.00. The van der Waals surface area contributed by atoms with Crippen molar-refractivity contribution in [2.24, 2.45) is 0 Å². The van der Waals surface area contributed by atoms with Crippen LogP contribution in [0.2, 0.25) is 0 Å². The summed E-state index contributed by atoms with van der Waals surface area (Å²) in [6.07, 6.45) is 2.98. The first-order valence-corrected chi connectivity index (χ1v) is 8.21. The van der Waals surface area contributed by atoms with Crippen molar-refractivity contribution < 1.29 is 9.90 Å². The number of para-hydroxylation sites is 1. The Bertz CT molecular complexity index is 446. The number of aliphatic hydroxyl groups excluding tert-OH is 1. The highest BCUT2D eigenvalue weighted by Gasteiger charge is 2.23. The average molecular weight is 305 g/mol. The van der Waals surface area contributed by atoms with Gasteiger partial charge in [0.05, 0.1) is 6.61 Å². The number of aliphatic hydroxyl groups is 1. The number of nitrogens with one attached hydrogen (secondary N) is 1. The van der Waals surface area contributed by atoms with Crippen LogP contribution in [0.3, 0.4) is 0 Å². The van der Waals surface area contributed by atoms with Gasteiger partial charge in [0.25, 0.3) is 0 Å². The van der Waals surface area contributed by atoms with Gasteiger partial charge in [-0.15, -0.1) is 0 Å². The van der Waals surface area contributed by atoms with E-state index < -0.39 is 0 Å². The van der Waals surface area contributed by atoms with E-state index in [2.05, 4.69) is 22.3 Å². The van der Waals surface area contributed by atoms with Crippen LogP contribution in [0, 0.1) is 0 Å². The number of rotatable bonds is 6. The first-order chi connectivity index (χ1) is 10.7. The molecule has 1 aliphatic rings. The number of carbonyl (C=O) groups excluding carboxylic acids is 1. The summed E-state index contributed by atoms with van der Waals surface area (Å²) in [5.41, 5.74) is 1.21. The van der Waals surface area contributed by atoms with Crippen LogP contribution in [0.1, 0.15) is 26.2 Å². The van der Waals surface area contributed by atoms with Gasteiger partial charge in [-0.1, -0.05) is 25.1 Å². The molecule has 5 nitrogen and oxygen atoms in total. The van der Waals surface area contributed by atoms with Gasteiger partial charge in [0.15, 0.2) is 0 Å². The van der Waals surface area contributed by atoms with Crippen molar-refractivity contribution >= 4 is 11.7 Å². The Morgan fingerprint density at radius 2 is 2.14 bits per heavy atom. The molecule has 1 aromatic carbocycles. The molecular formula is C17H27N3O2. The molecule has 2 rings (SSSR count). The highest BCUT2D eigenvalue weighted by Crippen LogP contribution is 2.19. The highest BCUT2D eigenvalue weighted by molar-refractivity contribution is 5.74. The van der Waals surface area contributed by atoms with Crippen LogP contribution in [0.5, 0.6) is 0 Å². The Kier molecular flexibility index (Phi) is 6.52. The van der Waals surface area contributed by atoms with E-state index in [0.29, 0.717) is 13.1 Å². The fourth-order valence-electron chi connectivity index (χ4n) is 2.94. The van der Waals surface area contributed by atoms with Gasteiger partial charge in [0, 0.05) is 37.9 Å². The monoisotopic (exact) mass is 305 g/mol. The standard InChI is InChI=1S/C17H27N3O2/c1-2-10-19(12-13-21)17(22)18-15-7-6-11-20(14-15)16-8-4-3-5-9-16/h3-5,8-9,15,21H,2,6-7,10-14H2,1H3,(H,18,22). The summed E-state index contributed by atoms with van der Waals surface area (Å²) >= 11 is 0. The lowest BCUT2D eigenvalue weighted by atomic mass is 10.0. The fraction of sp³-hybridized carbons (Fsp3) is 0.588. The molecule has 1 atom stereocenters. The molecule has 5 heteroatoms. The van der Waals surface area contributed by atoms with Crippen LogP contribution in [-0.2, 0) is 0 Å². The second kappa shape index (κ2) is 8.63. The Morgan fingerprint density at radius 1 is 1.36 bits per heavy atom. The second-order valence-corrected chi connectivity index (χ2v) is 5.78. The molecule has 1 aromatic rings. The molecule has 1 unspecified atom stereocenters. The molecule has 1 fully saturated rings. The minimum Gasteiger partial charge on any atom is -0.395 e. The third-order valence-corrected chi connectivity index (χ3v) is 4.02. The Hall–Kier alpha value is -1.75. The van der Waals surface area contributed by atoms with E-state index in [1.54, 1.807) is 4.90 Å².